The first-order chi connectivity index (χ1) is 16.8. The minimum atomic E-state index is -0.216. The van der Waals surface area contributed by atoms with Crippen LogP contribution in [0.5, 0.6) is 0 Å². The lowest BCUT2D eigenvalue weighted by Gasteiger charge is -2.26. The summed E-state index contributed by atoms with van der Waals surface area (Å²) in [7, 11) is 3.20. The summed E-state index contributed by atoms with van der Waals surface area (Å²) in [5, 5.41) is 2.94. The van der Waals surface area contributed by atoms with Crippen LogP contribution in [0.1, 0.15) is 49.8 Å². The second kappa shape index (κ2) is 13.0. The third-order valence-corrected chi connectivity index (χ3v) is 8.81. The van der Waals surface area contributed by atoms with Crippen molar-refractivity contribution in [2.45, 2.75) is 44.4 Å². The molecule has 2 aromatic carbocycles. The summed E-state index contributed by atoms with van der Waals surface area (Å²) in [6, 6.07) is 15.4. The number of nitrogens with zero attached hydrogens (tertiary/aromatic N) is 1. The molecule has 0 bridgehead atoms. The van der Waals surface area contributed by atoms with E-state index in [-0.39, 0.29) is 35.3 Å². The Balaban J connectivity index is 1.55. The number of hydrogen-bond acceptors (Lipinski definition) is 6. The smallest absolute Gasteiger partial charge is 0.230 e. The Labute approximate surface area is 220 Å². The van der Waals surface area contributed by atoms with Crippen LogP contribution in [0.2, 0.25) is 0 Å². The average molecular weight is 528 g/mol. The molecule has 0 fully saturated rings. The minimum Gasteiger partial charge on any atom is -0.355 e. The highest BCUT2D eigenvalue weighted by atomic mass is 33.1. The lowest BCUT2D eigenvalue weighted by Crippen LogP contribution is -2.37. The van der Waals surface area contributed by atoms with E-state index in [0.717, 1.165) is 22.4 Å². The molecule has 0 atom stereocenters. The van der Waals surface area contributed by atoms with Crippen LogP contribution in [0.15, 0.2) is 48.5 Å². The first kappa shape index (κ1) is 27.1. The molecule has 1 aliphatic heterocycles. The first-order valence-electron chi connectivity index (χ1n) is 11.3. The van der Waals surface area contributed by atoms with E-state index in [9.17, 15) is 14.4 Å². The van der Waals surface area contributed by atoms with Crippen molar-refractivity contribution in [2.24, 2.45) is 0 Å². The topological polar surface area (TPSA) is 78.5 Å². The van der Waals surface area contributed by atoms with Gasteiger partial charge in [-0.2, -0.15) is 0 Å². The number of rotatable bonds is 10. The number of hydrogen-bond donors (Lipinski definition) is 3. The Morgan fingerprint density at radius 3 is 2.43 bits per heavy atom. The van der Waals surface area contributed by atoms with Crippen LogP contribution in [-0.2, 0) is 20.9 Å². The number of nitrogens with one attached hydrogen (secondary N) is 2. The van der Waals surface area contributed by atoms with Crippen molar-refractivity contribution in [1.82, 2.24) is 10.0 Å². The highest BCUT2D eigenvalue weighted by molar-refractivity contribution is 8.77. The molecule has 2 N–H and O–H groups in total. The van der Waals surface area contributed by atoms with Crippen molar-refractivity contribution in [3.63, 3.8) is 0 Å². The molecule has 9 heteroatoms. The maximum absolute atomic E-state index is 13.2. The molecule has 184 valence electrons. The van der Waals surface area contributed by atoms with Crippen LogP contribution >= 0.6 is 34.4 Å². The van der Waals surface area contributed by atoms with Crippen LogP contribution in [-0.4, -0.2) is 34.8 Å². The van der Waals surface area contributed by atoms with Crippen molar-refractivity contribution in [3.8, 4) is 11.8 Å². The van der Waals surface area contributed by atoms with Crippen LogP contribution in [0.4, 0.5) is 5.69 Å². The molecule has 6 nitrogen and oxygen atoms in total. The van der Waals surface area contributed by atoms with Gasteiger partial charge in [-0.05, 0) is 37.6 Å². The zero-order valence-electron chi connectivity index (χ0n) is 19.8. The van der Waals surface area contributed by atoms with Crippen LogP contribution in [0, 0.1) is 11.8 Å². The van der Waals surface area contributed by atoms with E-state index in [1.54, 1.807) is 26.5 Å². The molecule has 3 amide bonds. The van der Waals surface area contributed by atoms with Gasteiger partial charge in [-0.3, -0.25) is 14.4 Å². The molecule has 0 spiro atoms. The third kappa shape index (κ3) is 8.27. The van der Waals surface area contributed by atoms with Gasteiger partial charge in [0.05, 0.1) is 12.2 Å². The number of thiol groups is 1. The zero-order chi connectivity index (χ0) is 25.3. The second-order valence-corrected chi connectivity index (χ2v) is 12.0. The van der Waals surface area contributed by atoms with Crippen molar-refractivity contribution in [3.05, 3.63) is 65.2 Å². The van der Waals surface area contributed by atoms with Gasteiger partial charge in [0.15, 0.2) is 0 Å². The Hall–Kier alpha value is -2.54. The molecule has 35 heavy (non-hydrogen) atoms. The van der Waals surface area contributed by atoms with Crippen LogP contribution < -0.4 is 14.9 Å². The van der Waals surface area contributed by atoms with Gasteiger partial charge in [-0.15, -0.1) is 0 Å². The van der Waals surface area contributed by atoms with Crippen molar-refractivity contribution >= 4 is 57.8 Å². The average Bonchev–Trinajstić information content (AvgIpc) is 2.85. The Kier molecular flexibility index (Phi) is 10.0. The number of amides is 3. The number of benzene rings is 2. The molecular weight excluding hydrogens is 499 g/mol. The number of carbonyl (C=O) groups is 3. The Morgan fingerprint density at radius 1 is 0.971 bits per heavy atom. The summed E-state index contributed by atoms with van der Waals surface area (Å²) in [4.78, 5) is 38.7. The van der Waals surface area contributed by atoms with Gasteiger partial charge in [-0.25, -0.2) is 0 Å². The Bertz CT molecular complexity index is 1140. The van der Waals surface area contributed by atoms with Gasteiger partial charge in [-0.1, -0.05) is 76.6 Å². The molecule has 0 unspecified atom stereocenters. The SMILES string of the molecule is CC(C)(CNC(=O)CCC(=O)N1Cc2ccccc2C#Cc2ccccc21)SSCCC(=O)NS. The fraction of sp³-hybridized carbons (Fsp3) is 0.346. The maximum Gasteiger partial charge on any atom is 0.230 e. The van der Waals surface area contributed by atoms with Crippen LogP contribution in [0.3, 0.4) is 0 Å². The summed E-state index contributed by atoms with van der Waals surface area (Å²) in [5.41, 5.74) is 3.45. The van der Waals surface area contributed by atoms with Gasteiger partial charge in [0.2, 0.25) is 17.7 Å². The van der Waals surface area contributed by atoms with E-state index >= 15 is 0 Å². The van der Waals surface area contributed by atoms with Crippen molar-refractivity contribution < 1.29 is 14.4 Å². The fourth-order valence-corrected chi connectivity index (χ4v) is 5.93. The summed E-state index contributed by atoms with van der Waals surface area (Å²) in [6.07, 6.45) is 0.610. The molecule has 0 radical (unpaired) electrons. The predicted molar refractivity (Wildman–Crippen MR) is 148 cm³/mol. The monoisotopic (exact) mass is 527 g/mol. The first-order valence-corrected chi connectivity index (χ1v) is 14.1. The highest BCUT2D eigenvalue weighted by Gasteiger charge is 2.23. The van der Waals surface area contributed by atoms with Gasteiger partial charge >= 0.3 is 0 Å². The van der Waals surface area contributed by atoms with E-state index in [2.05, 4.69) is 34.7 Å². The van der Waals surface area contributed by atoms with E-state index < -0.39 is 0 Å². The molecule has 0 saturated heterocycles. The molecular formula is C26H29N3O3S3. The molecule has 0 saturated carbocycles. The Morgan fingerprint density at radius 2 is 1.66 bits per heavy atom. The maximum atomic E-state index is 13.2. The normalized spacial score (nSPS) is 12.3. The molecule has 1 heterocycles. The number of carbonyl (C=O) groups excluding carboxylic acids is 3. The van der Waals surface area contributed by atoms with Gasteiger partial charge in [0.25, 0.3) is 0 Å². The van der Waals surface area contributed by atoms with Crippen molar-refractivity contribution in [2.75, 3.05) is 17.2 Å². The summed E-state index contributed by atoms with van der Waals surface area (Å²) in [5.74, 6) is 6.67. The summed E-state index contributed by atoms with van der Waals surface area (Å²) in [6.45, 7) is 4.94. The van der Waals surface area contributed by atoms with Gasteiger partial charge < -0.3 is 14.9 Å². The number of anilines is 1. The summed E-state index contributed by atoms with van der Waals surface area (Å²) >= 11 is 3.74. The van der Waals surface area contributed by atoms with E-state index in [1.807, 2.05) is 62.4 Å². The summed E-state index contributed by atoms with van der Waals surface area (Å²) < 4.78 is 2.09. The predicted octanol–water partition coefficient (Wildman–Crippen LogP) is 4.34. The molecule has 0 aliphatic carbocycles. The molecule has 0 aromatic heterocycles. The van der Waals surface area contributed by atoms with Gasteiger partial charge in [0.1, 0.15) is 0 Å². The van der Waals surface area contributed by atoms with E-state index in [1.165, 1.54) is 0 Å². The van der Waals surface area contributed by atoms with Crippen molar-refractivity contribution in [1.29, 1.82) is 0 Å². The van der Waals surface area contributed by atoms with Gasteiger partial charge in [0, 0.05) is 47.4 Å². The van der Waals surface area contributed by atoms with E-state index in [4.69, 9.17) is 0 Å². The fourth-order valence-electron chi connectivity index (χ4n) is 3.38. The molecule has 3 rings (SSSR count). The highest BCUT2D eigenvalue weighted by Crippen LogP contribution is 2.35. The number of para-hydroxylation sites is 1. The van der Waals surface area contributed by atoms with Crippen LogP contribution in [0.25, 0.3) is 0 Å². The lowest BCUT2D eigenvalue weighted by molar-refractivity contribution is -0.125. The standard InChI is InChI=1S/C26H29N3O3S3/c1-26(2,35-34-16-15-24(31)28-33)18-27-23(30)13-14-25(32)29-17-21-9-4-3-7-19(21)11-12-20-8-5-6-10-22(20)29/h3-10,33H,13-18H2,1-2H3,(H,27,30)(H,28,31). The molecule has 1 aliphatic rings. The minimum absolute atomic E-state index is 0.108. The third-order valence-electron chi connectivity index (χ3n) is 5.27. The lowest BCUT2D eigenvalue weighted by atomic mass is 10.0. The zero-order valence-corrected chi connectivity index (χ0v) is 22.3. The second-order valence-electron chi connectivity index (χ2n) is 8.63. The number of fused-ring (bicyclic) bond motifs is 2. The quantitative estimate of drug-likeness (QED) is 0.185. The van der Waals surface area contributed by atoms with E-state index in [0.29, 0.717) is 25.3 Å². The largest absolute Gasteiger partial charge is 0.355 e. The molecule has 2 aromatic rings.